The van der Waals surface area contributed by atoms with Gasteiger partial charge in [-0.05, 0) is 30.3 Å². The predicted molar refractivity (Wildman–Crippen MR) is 99.0 cm³/mol. The van der Waals surface area contributed by atoms with Gasteiger partial charge in [0.05, 0.1) is 34.0 Å². The van der Waals surface area contributed by atoms with Gasteiger partial charge in [0.15, 0.2) is 17.3 Å². The van der Waals surface area contributed by atoms with E-state index in [-0.39, 0.29) is 5.78 Å². The van der Waals surface area contributed by atoms with Crippen LogP contribution < -0.4 is 18.9 Å². The van der Waals surface area contributed by atoms with E-state index in [1.54, 1.807) is 65.0 Å². The molecule has 3 aromatic rings. The number of fused-ring (bicyclic) bond motifs is 1. The molecule has 0 aliphatic carbocycles. The zero-order valence-electron chi connectivity index (χ0n) is 15.5. The average Bonchev–Trinajstić information content (AvgIpc) is 3.02. The molecule has 26 heavy (non-hydrogen) atoms. The first kappa shape index (κ1) is 17.7. The Bertz CT molecular complexity index is 957. The minimum Gasteiger partial charge on any atom is -0.497 e. The fourth-order valence-corrected chi connectivity index (χ4v) is 3.10. The number of carbonyl (C=O) groups is 1. The van der Waals surface area contributed by atoms with Crippen molar-refractivity contribution >= 4 is 16.7 Å². The average molecular weight is 355 g/mol. The van der Waals surface area contributed by atoms with Crippen LogP contribution in [0.4, 0.5) is 0 Å². The number of methoxy groups -OCH3 is 4. The van der Waals surface area contributed by atoms with Gasteiger partial charge < -0.3 is 23.5 Å². The lowest BCUT2D eigenvalue weighted by Crippen LogP contribution is -2.01. The van der Waals surface area contributed by atoms with Gasteiger partial charge in [-0.15, -0.1) is 0 Å². The number of aryl methyl sites for hydroxylation is 1. The highest BCUT2D eigenvalue weighted by atomic mass is 16.5. The van der Waals surface area contributed by atoms with E-state index in [0.29, 0.717) is 34.1 Å². The highest BCUT2D eigenvalue weighted by Gasteiger charge is 2.23. The predicted octanol–water partition coefficient (Wildman–Crippen LogP) is 3.44. The van der Waals surface area contributed by atoms with E-state index in [0.717, 1.165) is 10.9 Å². The highest BCUT2D eigenvalue weighted by molar-refractivity contribution is 6.17. The number of carbonyl (C=O) groups excluding carboxylic acids is 1. The van der Waals surface area contributed by atoms with Crippen LogP contribution in [0.3, 0.4) is 0 Å². The topological polar surface area (TPSA) is 58.9 Å². The first-order chi connectivity index (χ1) is 12.5. The van der Waals surface area contributed by atoms with Crippen LogP contribution in [0.2, 0.25) is 0 Å². The zero-order valence-corrected chi connectivity index (χ0v) is 15.5. The summed E-state index contributed by atoms with van der Waals surface area (Å²) >= 11 is 0. The van der Waals surface area contributed by atoms with Crippen LogP contribution in [-0.4, -0.2) is 38.8 Å². The minimum absolute atomic E-state index is 0.0903. The number of benzene rings is 2. The molecule has 0 amide bonds. The second-order valence-electron chi connectivity index (χ2n) is 5.75. The summed E-state index contributed by atoms with van der Waals surface area (Å²) in [4.78, 5) is 13.1. The lowest BCUT2D eigenvalue weighted by molar-refractivity contribution is 0.104. The van der Waals surface area contributed by atoms with E-state index in [2.05, 4.69) is 0 Å². The van der Waals surface area contributed by atoms with Gasteiger partial charge in [0.2, 0.25) is 5.75 Å². The Kier molecular flexibility index (Phi) is 4.75. The maximum Gasteiger partial charge on any atom is 0.205 e. The van der Waals surface area contributed by atoms with E-state index in [4.69, 9.17) is 18.9 Å². The molecule has 0 aliphatic heterocycles. The van der Waals surface area contributed by atoms with E-state index >= 15 is 0 Å². The van der Waals surface area contributed by atoms with E-state index in [1.807, 2.05) is 11.6 Å². The molecule has 0 N–H and O–H groups in total. The molecular formula is C20H21NO5. The normalized spacial score (nSPS) is 10.7. The van der Waals surface area contributed by atoms with Crippen LogP contribution in [0.1, 0.15) is 15.9 Å². The summed E-state index contributed by atoms with van der Waals surface area (Å²) in [5, 5.41) is 0.739. The van der Waals surface area contributed by atoms with Gasteiger partial charge in [-0.3, -0.25) is 4.79 Å². The molecular weight excluding hydrogens is 334 g/mol. The number of ketones is 1. The summed E-state index contributed by atoms with van der Waals surface area (Å²) < 4.78 is 23.4. The SMILES string of the molecule is COc1ccc(C(=O)c2cn(C)c3c(OC)c(OC)c(OC)cc23)cc1. The van der Waals surface area contributed by atoms with E-state index in [9.17, 15) is 4.79 Å². The third-order valence-corrected chi connectivity index (χ3v) is 4.37. The maximum absolute atomic E-state index is 13.1. The molecule has 6 heteroatoms. The first-order valence-corrected chi connectivity index (χ1v) is 8.02. The molecule has 1 heterocycles. The maximum atomic E-state index is 13.1. The summed E-state index contributed by atoms with van der Waals surface area (Å²) in [6, 6.07) is 8.83. The van der Waals surface area contributed by atoms with Gasteiger partial charge in [-0.25, -0.2) is 0 Å². The fourth-order valence-electron chi connectivity index (χ4n) is 3.10. The van der Waals surface area contributed by atoms with Crippen molar-refractivity contribution in [1.29, 1.82) is 0 Å². The Morgan fingerprint density at radius 1 is 0.885 bits per heavy atom. The Morgan fingerprint density at radius 2 is 1.54 bits per heavy atom. The molecule has 2 aromatic carbocycles. The number of aromatic nitrogens is 1. The molecule has 0 spiro atoms. The number of rotatable bonds is 6. The third-order valence-electron chi connectivity index (χ3n) is 4.37. The van der Waals surface area contributed by atoms with Gasteiger partial charge in [0.25, 0.3) is 0 Å². The Morgan fingerprint density at radius 3 is 2.08 bits per heavy atom. The largest absolute Gasteiger partial charge is 0.497 e. The quantitative estimate of drug-likeness (QED) is 0.634. The van der Waals surface area contributed by atoms with Gasteiger partial charge in [0, 0.05) is 29.8 Å². The van der Waals surface area contributed by atoms with Gasteiger partial charge >= 0.3 is 0 Å². The molecule has 0 bridgehead atoms. The van der Waals surface area contributed by atoms with Crippen LogP contribution in [0.15, 0.2) is 36.5 Å². The molecule has 0 aliphatic rings. The Balaban J connectivity index is 2.22. The second kappa shape index (κ2) is 7.00. The summed E-state index contributed by atoms with van der Waals surface area (Å²) in [6.07, 6.45) is 1.79. The molecule has 1 aromatic heterocycles. The van der Waals surface area contributed by atoms with Crippen LogP contribution in [0.25, 0.3) is 10.9 Å². The highest BCUT2D eigenvalue weighted by Crippen LogP contribution is 2.44. The second-order valence-corrected chi connectivity index (χ2v) is 5.75. The van der Waals surface area contributed by atoms with Gasteiger partial charge in [-0.1, -0.05) is 0 Å². The monoisotopic (exact) mass is 355 g/mol. The molecule has 0 saturated carbocycles. The van der Waals surface area contributed by atoms with Crippen molar-refractivity contribution in [3.8, 4) is 23.0 Å². The summed E-state index contributed by atoms with van der Waals surface area (Å²) in [6.45, 7) is 0. The fraction of sp³-hybridized carbons (Fsp3) is 0.250. The van der Waals surface area contributed by atoms with Crippen molar-refractivity contribution in [1.82, 2.24) is 4.57 Å². The molecule has 0 atom stereocenters. The standard InChI is InChI=1S/C20H21NO5/c1-21-11-15(18(22)12-6-8-13(23-2)9-7-12)14-10-16(24-3)19(25-4)20(26-5)17(14)21/h6-11H,1-5H3. The van der Waals surface area contributed by atoms with E-state index in [1.165, 1.54) is 0 Å². The number of hydrogen-bond acceptors (Lipinski definition) is 5. The molecule has 0 fully saturated rings. The van der Waals surface area contributed by atoms with Crippen LogP contribution in [0.5, 0.6) is 23.0 Å². The summed E-state index contributed by atoms with van der Waals surface area (Å²) in [5.41, 5.74) is 1.90. The lowest BCUT2D eigenvalue weighted by Gasteiger charge is -2.14. The summed E-state index contributed by atoms with van der Waals surface area (Å²) in [5.74, 6) is 2.14. The molecule has 0 saturated heterocycles. The van der Waals surface area contributed by atoms with Gasteiger partial charge in [0.1, 0.15) is 5.75 Å². The van der Waals surface area contributed by atoms with Crippen molar-refractivity contribution in [3.05, 3.63) is 47.7 Å². The van der Waals surface area contributed by atoms with Crippen LogP contribution in [-0.2, 0) is 7.05 Å². The van der Waals surface area contributed by atoms with Crippen LogP contribution >= 0.6 is 0 Å². The summed E-state index contributed by atoms with van der Waals surface area (Å²) in [7, 11) is 8.12. The number of ether oxygens (including phenoxy) is 4. The van der Waals surface area contributed by atoms with Crippen molar-refractivity contribution in [2.24, 2.45) is 7.05 Å². The molecule has 0 unspecified atom stereocenters. The molecule has 6 nitrogen and oxygen atoms in total. The Hall–Kier alpha value is -3.15. The van der Waals surface area contributed by atoms with Crippen molar-refractivity contribution in [3.63, 3.8) is 0 Å². The zero-order chi connectivity index (χ0) is 18.8. The Labute approximate surface area is 151 Å². The van der Waals surface area contributed by atoms with Crippen molar-refractivity contribution in [2.75, 3.05) is 28.4 Å². The third kappa shape index (κ3) is 2.73. The smallest absolute Gasteiger partial charge is 0.205 e. The van der Waals surface area contributed by atoms with Crippen molar-refractivity contribution in [2.45, 2.75) is 0 Å². The van der Waals surface area contributed by atoms with Crippen LogP contribution in [0, 0.1) is 0 Å². The number of nitrogens with zero attached hydrogens (tertiary/aromatic N) is 1. The van der Waals surface area contributed by atoms with Gasteiger partial charge in [-0.2, -0.15) is 0 Å². The molecule has 136 valence electrons. The minimum atomic E-state index is -0.0903. The van der Waals surface area contributed by atoms with E-state index < -0.39 is 0 Å². The van der Waals surface area contributed by atoms with Crippen molar-refractivity contribution < 1.29 is 23.7 Å². The molecule has 3 rings (SSSR count). The number of hydrogen-bond donors (Lipinski definition) is 0. The molecule has 0 radical (unpaired) electrons. The first-order valence-electron chi connectivity index (χ1n) is 8.02. The lowest BCUT2D eigenvalue weighted by atomic mass is 10.0.